The molecule has 5 nitrogen and oxygen atoms in total. The molecule has 122 valence electrons. The number of rotatable bonds is 4. The van der Waals surface area contributed by atoms with Crippen LogP contribution in [0.1, 0.15) is 18.4 Å². The second kappa shape index (κ2) is 7.31. The van der Waals surface area contributed by atoms with Gasteiger partial charge >= 0.3 is 0 Å². The van der Waals surface area contributed by atoms with Crippen LogP contribution in [0.2, 0.25) is 0 Å². The molecule has 0 unspecified atom stereocenters. The van der Waals surface area contributed by atoms with Gasteiger partial charge in [-0.1, -0.05) is 6.07 Å². The lowest BCUT2D eigenvalue weighted by molar-refractivity contribution is 0.0126. The largest absolute Gasteiger partial charge is 0.504 e. The van der Waals surface area contributed by atoms with Crippen molar-refractivity contribution >= 4 is 0 Å². The molecule has 0 aromatic heterocycles. The zero-order chi connectivity index (χ0) is 15.4. The number of benzene rings is 1. The molecule has 0 bridgehead atoms. The average molecular weight is 306 g/mol. The van der Waals surface area contributed by atoms with E-state index in [-0.39, 0.29) is 5.75 Å². The molecule has 2 fully saturated rings. The van der Waals surface area contributed by atoms with Gasteiger partial charge in [0, 0.05) is 52.0 Å². The highest BCUT2D eigenvalue weighted by Gasteiger charge is 2.25. The van der Waals surface area contributed by atoms with Crippen LogP contribution in [0, 0.1) is 0 Å². The number of aromatic hydroxyl groups is 1. The van der Waals surface area contributed by atoms with Crippen LogP contribution in [0.5, 0.6) is 11.5 Å². The van der Waals surface area contributed by atoms with Crippen LogP contribution in [0.3, 0.4) is 0 Å². The van der Waals surface area contributed by atoms with Gasteiger partial charge in [0.05, 0.1) is 7.11 Å². The molecule has 0 radical (unpaired) electrons. The van der Waals surface area contributed by atoms with E-state index in [2.05, 4.69) is 9.80 Å². The van der Waals surface area contributed by atoms with Crippen LogP contribution in [0.25, 0.3) is 0 Å². The van der Waals surface area contributed by atoms with E-state index in [4.69, 9.17) is 9.47 Å². The van der Waals surface area contributed by atoms with Gasteiger partial charge in [-0.05, 0) is 30.5 Å². The standard InChI is InChI=1S/C17H26N2O3/c1-21-17-12-14(2-3-16(17)20)13-18-6-8-19(9-7-18)15-4-10-22-11-5-15/h2-3,12,15,20H,4-11,13H2,1H3. The second-order valence-corrected chi connectivity index (χ2v) is 6.16. The van der Waals surface area contributed by atoms with E-state index in [1.807, 2.05) is 12.1 Å². The first-order valence-corrected chi connectivity index (χ1v) is 8.16. The van der Waals surface area contributed by atoms with Crippen molar-refractivity contribution in [2.45, 2.75) is 25.4 Å². The van der Waals surface area contributed by atoms with Gasteiger partial charge in [-0.3, -0.25) is 9.80 Å². The molecule has 0 saturated carbocycles. The van der Waals surface area contributed by atoms with Gasteiger partial charge in [0.25, 0.3) is 0 Å². The van der Waals surface area contributed by atoms with Gasteiger partial charge in [0.2, 0.25) is 0 Å². The molecular weight excluding hydrogens is 280 g/mol. The SMILES string of the molecule is COc1cc(CN2CCN(C3CCOCC3)CC2)ccc1O. The van der Waals surface area contributed by atoms with Crippen molar-refractivity contribution in [1.82, 2.24) is 9.80 Å². The van der Waals surface area contributed by atoms with Crippen LogP contribution >= 0.6 is 0 Å². The predicted octanol–water partition coefficient (Wildman–Crippen LogP) is 1.70. The predicted molar refractivity (Wildman–Crippen MR) is 85.3 cm³/mol. The van der Waals surface area contributed by atoms with E-state index in [9.17, 15) is 5.11 Å². The Hall–Kier alpha value is -1.30. The average Bonchev–Trinajstić information content (AvgIpc) is 2.58. The summed E-state index contributed by atoms with van der Waals surface area (Å²) in [6, 6.07) is 6.33. The van der Waals surface area contributed by atoms with E-state index < -0.39 is 0 Å². The lowest BCUT2D eigenvalue weighted by Gasteiger charge is -2.40. The maximum absolute atomic E-state index is 9.66. The number of hydrogen-bond donors (Lipinski definition) is 1. The third kappa shape index (κ3) is 3.72. The molecule has 2 aliphatic heterocycles. The topological polar surface area (TPSA) is 45.2 Å². The van der Waals surface area contributed by atoms with E-state index >= 15 is 0 Å². The Morgan fingerprint density at radius 2 is 1.91 bits per heavy atom. The van der Waals surface area contributed by atoms with Crippen LogP contribution in [0.4, 0.5) is 0 Å². The Bertz CT molecular complexity index is 481. The number of phenolic OH excluding ortho intramolecular Hbond substituents is 1. The van der Waals surface area contributed by atoms with Crippen molar-refractivity contribution in [3.05, 3.63) is 23.8 Å². The summed E-state index contributed by atoms with van der Waals surface area (Å²) >= 11 is 0. The number of ether oxygens (including phenoxy) is 2. The summed E-state index contributed by atoms with van der Waals surface area (Å²) in [5.41, 5.74) is 1.19. The van der Waals surface area contributed by atoms with E-state index in [1.165, 1.54) is 18.4 Å². The molecular formula is C17H26N2O3. The number of piperazine rings is 1. The van der Waals surface area contributed by atoms with Crippen molar-refractivity contribution in [3.63, 3.8) is 0 Å². The Balaban J connectivity index is 1.51. The monoisotopic (exact) mass is 306 g/mol. The maximum Gasteiger partial charge on any atom is 0.160 e. The number of phenols is 1. The fraction of sp³-hybridized carbons (Fsp3) is 0.647. The summed E-state index contributed by atoms with van der Waals surface area (Å²) < 4.78 is 10.6. The molecule has 0 amide bonds. The minimum absolute atomic E-state index is 0.204. The molecule has 5 heteroatoms. The summed E-state index contributed by atoms with van der Waals surface area (Å²) in [6.07, 6.45) is 2.35. The molecule has 1 aromatic carbocycles. The van der Waals surface area contributed by atoms with Crippen molar-refractivity contribution in [1.29, 1.82) is 0 Å². The minimum Gasteiger partial charge on any atom is -0.504 e. The fourth-order valence-electron chi connectivity index (χ4n) is 3.42. The summed E-state index contributed by atoms with van der Waals surface area (Å²) in [5.74, 6) is 0.758. The second-order valence-electron chi connectivity index (χ2n) is 6.16. The first kappa shape index (κ1) is 15.6. The van der Waals surface area contributed by atoms with Crippen molar-refractivity contribution in [2.24, 2.45) is 0 Å². The van der Waals surface area contributed by atoms with Crippen LogP contribution in [-0.4, -0.2) is 67.5 Å². The molecule has 22 heavy (non-hydrogen) atoms. The highest BCUT2D eigenvalue weighted by Crippen LogP contribution is 2.27. The summed E-state index contributed by atoms with van der Waals surface area (Å²) in [6.45, 7) is 7.22. The molecule has 1 N–H and O–H groups in total. The van der Waals surface area contributed by atoms with E-state index in [1.54, 1.807) is 13.2 Å². The Morgan fingerprint density at radius 3 is 2.59 bits per heavy atom. The van der Waals surface area contributed by atoms with Gasteiger partial charge in [-0.15, -0.1) is 0 Å². The molecule has 3 rings (SSSR count). The highest BCUT2D eigenvalue weighted by atomic mass is 16.5. The fourth-order valence-corrected chi connectivity index (χ4v) is 3.42. The first-order chi connectivity index (χ1) is 10.8. The molecule has 2 aliphatic rings. The molecule has 2 saturated heterocycles. The van der Waals surface area contributed by atoms with Crippen LogP contribution < -0.4 is 4.74 Å². The van der Waals surface area contributed by atoms with Gasteiger partial charge in [0.1, 0.15) is 0 Å². The lowest BCUT2D eigenvalue weighted by atomic mass is 10.1. The molecule has 1 aromatic rings. The third-order valence-electron chi connectivity index (χ3n) is 4.76. The zero-order valence-corrected chi connectivity index (χ0v) is 13.3. The summed E-state index contributed by atoms with van der Waals surface area (Å²) in [4.78, 5) is 5.10. The minimum atomic E-state index is 0.204. The van der Waals surface area contributed by atoms with Crippen LogP contribution in [0.15, 0.2) is 18.2 Å². The van der Waals surface area contributed by atoms with Gasteiger partial charge < -0.3 is 14.6 Å². The summed E-state index contributed by atoms with van der Waals surface area (Å²) in [5, 5.41) is 9.66. The van der Waals surface area contributed by atoms with E-state index in [0.717, 1.165) is 45.9 Å². The van der Waals surface area contributed by atoms with E-state index in [0.29, 0.717) is 11.8 Å². The smallest absolute Gasteiger partial charge is 0.160 e. The lowest BCUT2D eigenvalue weighted by Crippen LogP contribution is -2.51. The normalized spacial score (nSPS) is 21.9. The molecule has 0 atom stereocenters. The molecule has 2 heterocycles. The number of nitrogens with zero attached hydrogens (tertiary/aromatic N) is 2. The molecule has 0 aliphatic carbocycles. The molecule has 0 spiro atoms. The Kier molecular flexibility index (Phi) is 5.18. The Morgan fingerprint density at radius 1 is 1.18 bits per heavy atom. The van der Waals surface area contributed by atoms with Gasteiger partial charge in [-0.2, -0.15) is 0 Å². The van der Waals surface area contributed by atoms with Gasteiger partial charge in [-0.25, -0.2) is 0 Å². The highest BCUT2D eigenvalue weighted by molar-refractivity contribution is 5.41. The maximum atomic E-state index is 9.66. The quantitative estimate of drug-likeness (QED) is 0.917. The van der Waals surface area contributed by atoms with Crippen LogP contribution in [-0.2, 0) is 11.3 Å². The number of hydrogen-bond acceptors (Lipinski definition) is 5. The third-order valence-corrected chi connectivity index (χ3v) is 4.76. The zero-order valence-electron chi connectivity index (χ0n) is 13.3. The number of methoxy groups -OCH3 is 1. The van der Waals surface area contributed by atoms with Gasteiger partial charge in [0.15, 0.2) is 11.5 Å². The van der Waals surface area contributed by atoms with Crippen molar-refractivity contribution < 1.29 is 14.6 Å². The van der Waals surface area contributed by atoms with Crippen molar-refractivity contribution in [3.8, 4) is 11.5 Å². The Labute approximate surface area is 132 Å². The summed E-state index contributed by atoms with van der Waals surface area (Å²) in [7, 11) is 1.59. The van der Waals surface area contributed by atoms with Crippen molar-refractivity contribution in [2.75, 3.05) is 46.5 Å². The first-order valence-electron chi connectivity index (χ1n) is 8.16.